The standard InChI is InChI=1S/C16H19NO/c17-16(18)12-11-15(13-7-3-1-4-8-13)14-9-5-2-6-10-14/h1-10,15-16,18H,11-12,17H2. The van der Waals surface area contributed by atoms with Crippen molar-refractivity contribution in [2.75, 3.05) is 0 Å². The molecule has 2 rings (SSSR count). The van der Waals surface area contributed by atoms with Gasteiger partial charge in [-0.1, -0.05) is 60.7 Å². The van der Waals surface area contributed by atoms with Gasteiger partial charge in [0.1, 0.15) is 6.23 Å². The van der Waals surface area contributed by atoms with Crippen molar-refractivity contribution < 1.29 is 5.11 Å². The summed E-state index contributed by atoms with van der Waals surface area (Å²) in [5.41, 5.74) is 7.99. The van der Waals surface area contributed by atoms with Crippen molar-refractivity contribution in [1.29, 1.82) is 0 Å². The molecule has 0 radical (unpaired) electrons. The lowest BCUT2D eigenvalue weighted by atomic mass is 9.87. The van der Waals surface area contributed by atoms with E-state index in [1.807, 2.05) is 36.4 Å². The summed E-state index contributed by atoms with van der Waals surface area (Å²) in [7, 11) is 0. The van der Waals surface area contributed by atoms with E-state index in [4.69, 9.17) is 5.73 Å². The molecule has 1 atom stereocenters. The van der Waals surface area contributed by atoms with Crippen LogP contribution in [0, 0.1) is 0 Å². The lowest BCUT2D eigenvalue weighted by Crippen LogP contribution is -2.19. The molecule has 2 aromatic carbocycles. The van der Waals surface area contributed by atoms with Gasteiger partial charge in [0.05, 0.1) is 0 Å². The van der Waals surface area contributed by atoms with Crippen LogP contribution >= 0.6 is 0 Å². The van der Waals surface area contributed by atoms with Crippen LogP contribution in [-0.2, 0) is 0 Å². The second kappa shape index (κ2) is 6.34. The minimum absolute atomic E-state index is 0.297. The molecule has 3 N–H and O–H groups in total. The monoisotopic (exact) mass is 241 g/mol. The van der Waals surface area contributed by atoms with Crippen LogP contribution in [0.4, 0.5) is 0 Å². The van der Waals surface area contributed by atoms with Crippen molar-refractivity contribution in [2.45, 2.75) is 25.0 Å². The van der Waals surface area contributed by atoms with Gasteiger partial charge in [0.2, 0.25) is 0 Å². The van der Waals surface area contributed by atoms with Crippen LogP contribution in [0.5, 0.6) is 0 Å². The summed E-state index contributed by atoms with van der Waals surface area (Å²) in [6.07, 6.45) is 0.722. The average Bonchev–Trinajstić information content (AvgIpc) is 2.41. The van der Waals surface area contributed by atoms with E-state index in [1.54, 1.807) is 0 Å². The van der Waals surface area contributed by atoms with Gasteiger partial charge in [0.15, 0.2) is 0 Å². The first-order valence-electron chi connectivity index (χ1n) is 6.31. The summed E-state index contributed by atoms with van der Waals surface area (Å²) in [6, 6.07) is 20.7. The lowest BCUT2D eigenvalue weighted by Gasteiger charge is -2.18. The Hall–Kier alpha value is -1.64. The molecule has 0 aliphatic rings. The third-order valence-electron chi connectivity index (χ3n) is 3.15. The van der Waals surface area contributed by atoms with Gasteiger partial charge in [0, 0.05) is 5.92 Å². The smallest absolute Gasteiger partial charge is 0.102 e. The number of rotatable bonds is 5. The molecule has 0 heterocycles. The summed E-state index contributed by atoms with van der Waals surface area (Å²) in [5, 5.41) is 9.27. The Bertz CT molecular complexity index is 414. The molecule has 0 saturated carbocycles. The number of benzene rings is 2. The molecule has 0 saturated heterocycles. The largest absolute Gasteiger partial charge is 0.379 e. The molecule has 18 heavy (non-hydrogen) atoms. The van der Waals surface area contributed by atoms with Crippen molar-refractivity contribution in [2.24, 2.45) is 5.73 Å². The summed E-state index contributed by atoms with van der Waals surface area (Å²) in [4.78, 5) is 0. The van der Waals surface area contributed by atoms with Crippen LogP contribution in [0.15, 0.2) is 60.7 Å². The maximum absolute atomic E-state index is 9.27. The quantitative estimate of drug-likeness (QED) is 0.791. The van der Waals surface area contributed by atoms with Crippen LogP contribution in [0.25, 0.3) is 0 Å². The maximum atomic E-state index is 9.27. The van der Waals surface area contributed by atoms with Crippen LogP contribution in [0.1, 0.15) is 29.9 Å². The number of aliphatic hydroxyl groups is 1. The Balaban J connectivity index is 2.24. The van der Waals surface area contributed by atoms with E-state index >= 15 is 0 Å². The van der Waals surface area contributed by atoms with Crippen molar-refractivity contribution in [3.63, 3.8) is 0 Å². The molecular formula is C16H19NO. The average molecular weight is 241 g/mol. The predicted molar refractivity (Wildman–Crippen MR) is 74.2 cm³/mol. The van der Waals surface area contributed by atoms with Gasteiger partial charge in [0.25, 0.3) is 0 Å². The molecule has 1 unspecified atom stereocenters. The molecule has 2 aromatic rings. The van der Waals surface area contributed by atoms with Crippen LogP contribution in [-0.4, -0.2) is 11.3 Å². The zero-order valence-electron chi connectivity index (χ0n) is 10.4. The number of nitrogens with two attached hydrogens (primary N) is 1. The molecule has 0 amide bonds. The predicted octanol–water partition coefficient (Wildman–Crippen LogP) is 2.88. The van der Waals surface area contributed by atoms with Gasteiger partial charge < -0.3 is 10.8 Å². The third kappa shape index (κ3) is 3.42. The minimum atomic E-state index is -0.736. The van der Waals surface area contributed by atoms with Crippen molar-refractivity contribution >= 4 is 0 Å². The Labute approximate surface area is 108 Å². The number of aliphatic hydroxyl groups excluding tert-OH is 1. The molecule has 0 bridgehead atoms. The highest BCUT2D eigenvalue weighted by atomic mass is 16.3. The molecule has 2 nitrogen and oxygen atoms in total. The highest BCUT2D eigenvalue weighted by Crippen LogP contribution is 2.29. The van der Waals surface area contributed by atoms with Crippen molar-refractivity contribution in [1.82, 2.24) is 0 Å². The fraction of sp³-hybridized carbons (Fsp3) is 0.250. The first-order valence-corrected chi connectivity index (χ1v) is 6.31. The molecule has 0 spiro atoms. The second-order valence-corrected chi connectivity index (χ2v) is 4.52. The van der Waals surface area contributed by atoms with E-state index < -0.39 is 6.23 Å². The maximum Gasteiger partial charge on any atom is 0.102 e. The molecule has 2 heteroatoms. The van der Waals surface area contributed by atoms with Crippen molar-refractivity contribution in [3.05, 3.63) is 71.8 Å². The van der Waals surface area contributed by atoms with E-state index in [0.29, 0.717) is 12.3 Å². The van der Waals surface area contributed by atoms with Crippen LogP contribution in [0.3, 0.4) is 0 Å². The molecule has 0 aliphatic carbocycles. The van der Waals surface area contributed by atoms with Crippen molar-refractivity contribution in [3.8, 4) is 0 Å². The zero-order valence-corrected chi connectivity index (χ0v) is 10.4. The first-order chi connectivity index (χ1) is 8.77. The number of hydrogen-bond acceptors (Lipinski definition) is 2. The van der Waals surface area contributed by atoms with E-state index in [1.165, 1.54) is 11.1 Å². The second-order valence-electron chi connectivity index (χ2n) is 4.52. The van der Waals surface area contributed by atoms with Crippen LogP contribution in [0.2, 0.25) is 0 Å². The van der Waals surface area contributed by atoms with E-state index in [9.17, 15) is 5.11 Å². The zero-order chi connectivity index (χ0) is 12.8. The van der Waals surface area contributed by atoms with E-state index in [2.05, 4.69) is 24.3 Å². The summed E-state index contributed by atoms with van der Waals surface area (Å²) in [6.45, 7) is 0. The van der Waals surface area contributed by atoms with E-state index in [-0.39, 0.29) is 0 Å². The molecule has 0 aromatic heterocycles. The lowest BCUT2D eigenvalue weighted by molar-refractivity contribution is 0.167. The first kappa shape index (κ1) is 12.8. The normalized spacial score (nSPS) is 12.6. The molecule has 94 valence electrons. The van der Waals surface area contributed by atoms with Crippen LogP contribution < -0.4 is 5.73 Å². The Morgan fingerprint density at radius 3 is 1.61 bits per heavy atom. The third-order valence-corrected chi connectivity index (χ3v) is 3.15. The fourth-order valence-electron chi connectivity index (χ4n) is 2.23. The van der Waals surface area contributed by atoms with Gasteiger partial charge in [-0.15, -0.1) is 0 Å². The van der Waals surface area contributed by atoms with Gasteiger partial charge in [-0.3, -0.25) is 0 Å². The number of hydrogen-bond donors (Lipinski definition) is 2. The van der Waals surface area contributed by atoms with Gasteiger partial charge in [-0.05, 0) is 24.0 Å². The van der Waals surface area contributed by atoms with Gasteiger partial charge >= 0.3 is 0 Å². The fourth-order valence-corrected chi connectivity index (χ4v) is 2.23. The van der Waals surface area contributed by atoms with E-state index in [0.717, 1.165) is 6.42 Å². The molecular weight excluding hydrogens is 222 g/mol. The minimum Gasteiger partial charge on any atom is -0.379 e. The Morgan fingerprint density at radius 2 is 1.22 bits per heavy atom. The molecule has 0 fully saturated rings. The SMILES string of the molecule is NC(O)CCC(c1ccccc1)c1ccccc1. The Kier molecular flexibility index (Phi) is 4.51. The summed E-state index contributed by atoms with van der Waals surface area (Å²) < 4.78 is 0. The topological polar surface area (TPSA) is 46.2 Å². The summed E-state index contributed by atoms with van der Waals surface area (Å²) in [5.74, 6) is 0.297. The highest BCUT2D eigenvalue weighted by Gasteiger charge is 2.14. The molecule has 0 aliphatic heterocycles. The highest BCUT2D eigenvalue weighted by molar-refractivity contribution is 5.32. The Morgan fingerprint density at radius 1 is 0.778 bits per heavy atom. The van der Waals surface area contributed by atoms with Gasteiger partial charge in [-0.2, -0.15) is 0 Å². The summed E-state index contributed by atoms with van der Waals surface area (Å²) >= 11 is 0. The van der Waals surface area contributed by atoms with Gasteiger partial charge in [-0.25, -0.2) is 0 Å².